The first-order chi connectivity index (χ1) is 13.8. The number of carbonyl (C=O) groups excluding carboxylic acids is 1. The molecule has 1 fully saturated rings. The molecule has 0 saturated carbocycles. The van der Waals surface area contributed by atoms with Crippen LogP contribution in [0.2, 0.25) is 0 Å². The molecular weight excluding hydrogens is 374 g/mol. The van der Waals surface area contributed by atoms with Gasteiger partial charge in [0, 0.05) is 31.2 Å². The molecule has 2 aliphatic heterocycles. The van der Waals surface area contributed by atoms with Gasteiger partial charge in [-0.15, -0.1) is 12.3 Å². The predicted octanol–water partition coefficient (Wildman–Crippen LogP) is 4.35. The Morgan fingerprint density at radius 1 is 1.28 bits per heavy atom. The quantitative estimate of drug-likeness (QED) is 0.624. The Morgan fingerprint density at radius 3 is 2.55 bits per heavy atom. The third-order valence-corrected chi connectivity index (χ3v) is 6.01. The second-order valence-corrected chi connectivity index (χ2v) is 8.41. The molecule has 2 heterocycles. The summed E-state index contributed by atoms with van der Waals surface area (Å²) >= 11 is 0. The highest BCUT2D eigenvalue weighted by atomic mass is 19.2. The van der Waals surface area contributed by atoms with Gasteiger partial charge in [-0.2, -0.15) is 10.2 Å². The van der Waals surface area contributed by atoms with E-state index in [0.717, 1.165) is 32.0 Å². The first kappa shape index (κ1) is 21.4. The number of benzene rings is 1. The van der Waals surface area contributed by atoms with Crippen LogP contribution >= 0.6 is 0 Å². The van der Waals surface area contributed by atoms with E-state index in [4.69, 9.17) is 6.42 Å². The fourth-order valence-electron chi connectivity index (χ4n) is 4.05. The van der Waals surface area contributed by atoms with E-state index < -0.39 is 28.9 Å². The molecule has 1 aromatic rings. The molecule has 0 bridgehead atoms. The van der Waals surface area contributed by atoms with Crippen LogP contribution in [0.15, 0.2) is 28.4 Å². The Kier molecular flexibility index (Phi) is 6.33. The van der Waals surface area contributed by atoms with Gasteiger partial charge in [-0.3, -0.25) is 9.69 Å². The van der Waals surface area contributed by atoms with Crippen LogP contribution in [-0.2, 0) is 4.79 Å². The Balaban J connectivity index is 1.73. The molecule has 0 aliphatic carbocycles. The normalized spacial score (nSPS) is 19.0. The number of hydrogen-bond acceptors (Lipinski definition) is 4. The molecule has 1 unspecified atom stereocenters. The van der Waals surface area contributed by atoms with Crippen LogP contribution < -0.4 is 5.32 Å². The van der Waals surface area contributed by atoms with Gasteiger partial charge in [-0.1, -0.05) is 6.07 Å². The summed E-state index contributed by atoms with van der Waals surface area (Å²) in [7, 11) is 0. The minimum absolute atomic E-state index is 0.163. The van der Waals surface area contributed by atoms with Crippen molar-refractivity contribution in [1.82, 2.24) is 10.2 Å². The molecule has 1 aromatic carbocycles. The minimum Gasteiger partial charge on any atom is -0.347 e. The van der Waals surface area contributed by atoms with Crippen LogP contribution in [0.1, 0.15) is 64.0 Å². The van der Waals surface area contributed by atoms with Crippen molar-refractivity contribution in [3.8, 4) is 12.3 Å². The van der Waals surface area contributed by atoms with Gasteiger partial charge < -0.3 is 5.32 Å². The van der Waals surface area contributed by atoms with Crippen molar-refractivity contribution in [3.05, 3.63) is 35.4 Å². The van der Waals surface area contributed by atoms with E-state index in [0.29, 0.717) is 24.8 Å². The van der Waals surface area contributed by atoms with Crippen LogP contribution in [0.3, 0.4) is 0 Å². The Bertz CT molecular complexity index is 819. The number of carbonyl (C=O) groups is 1. The maximum Gasteiger partial charge on any atom is 0.220 e. The average Bonchev–Trinajstić information content (AvgIpc) is 3.23. The van der Waals surface area contributed by atoms with E-state index >= 15 is 0 Å². The van der Waals surface area contributed by atoms with E-state index in [1.54, 1.807) is 6.07 Å². The number of rotatable bonds is 9. The third kappa shape index (κ3) is 4.99. The van der Waals surface area contributed by atoms with Gasteiger partial charge in [-0.05, 0) is 57.5 Å². The highest BCUT2D eigenvalue weighted by Crippen LogP contribution is 2.38. The van der Waals surface area contributed by atoms with Crippen LogP contribution in [0.5, 0.6) is 0 Å². The molecule has 1 saturated heterocycles. The van der Waals surface area contributed by atoms with Crippen molar-refractivity contribution in [2.75, 3.05) is 13.1 Å². The molecule has 5 nitrogen and oxygen atoms in total. The van der Waals surface area contributed by atoms with Crippen LogP contribution in [-0.4, -0.2) is 35.1 Å². The molecule has 1 atom stereocenters. The zero-order valence-corrected chi connectivity index (χ0v) is 17.0. The summed E-state index contributed by atoms with van der Waals surface area (Å²) < 4.78 is 27.4. The van der Waals surface area contributed by atoms with Gasteiger partial charge in [-0.25, -0.2) is 8.78 Å². The largest absolute Gasteiger partial charge is 0.347 e. The lowest BCUT2D eigenvalue weighted by molar-refractivity contribution is -0.123. The summed E-state index contributed by atoms with van der Waals surface area (Å²) in [5, 5.41) is 11.2. The van der Waals surface area contributed by atoms with E-state index in [2.05, 4.69) is 26.4 Å². The number of nitrogens with one attached hydrogen (secondary N) is 1. The summed E-state index contributed by atoms with van der Waals surface area (Å²) in [5.41, 5.74) is -0.422. The number of amides is 1. The molecular formula is C22H28F2N4O. The molecule has 7 heteroatoms. The zero-order chi connectivity index (χ0) is 21.1. The number of terminal acetylenes is 1. The number of nitrogens with zero attached hydrogens (tertiary/aromatic N) is 3. The first-order valence-corrected chi connectivity index (χ1v) is 10.1. The lowest BCUT2D eigenvalue weighted by atomic mass is 9.86. The zero-order valence-electron chi connectivity index (χ0n) is 17.0. The maximum atomic E-state index is 13.9. The predicted molar refractivity (Wildman–Crippen MR) is 107 cm³/mol. The van der Waals surface area contributed by atoms with Gasteiger partial charge >= 0.3 is 0 Å². The Labute approximate surface area is 171 Å². The van der Waals surface area contributed by atoms with Crippen molar-refractivity contribution in [3.63, 3.8) is 0 Å². The van der Waals surface area contributed by atoms with Gasteiger partial charge in [0.05, 0.1) is 6.04 Å². The highest BCUT2D eigenvalue weighted by Gasteiger charge is 2.41. The Morgan fingerprint density at radius 2 is 1.97 bits per heavy atom. The third-order valence-electron chi connectivity index (χ3n) is 6.01. The topological polar surface area (TPSA) is 57.1 Å². The molecule has 0 radical (unpaired) electrons. The number of likely N-dealkylation sites (tertiary alicyclic amines) is 1. The highest BCUT2D eigenvalue weighted by molar-refractivity contribution is 5.76. The molecule has 1 amide bonds. The van der Waals surface area contributed by atoms with E-state index in [-0.39, 0.29) is 12.3 Å². The molecule has 2 aliphatic rings. The smallest absolute Gasteiger partial charge is 0.220 e. The molecule has 0 spiro atoms. The molecule has 29 heavy (non-hydrogen) atoms. The molecule has 3 rings (SSSR count). The second kappa shape index (κ2) is 8.58. The van der Waals surface area contributed by atoms with Gasteiger partial charge in [0.15, 0.2) is 17.3 Å². The van der Waals surface area contributed by atoms with Gasteiger partial charge in [0.25, 0.3) is 0 Å². The fraction of sp³-hybridized carbons (Fsp3) is 0.591. The summed E-state index contributed by atoms with van der Waals surface area (Å²) in [4.78, 5) is 15.1. The summed E-state index contributed by atoms with van der Waals surface area (Å²) in [6.07, 6.45) is 9.42. The first-order valence-electron chi connectivity index (χ1n) is 10.1. The molecule has 0 aromatic heterocycles. The van der Waals surface area contributed by atoms with E-state index in [1.165, 1.54) is 6.07 Å². The molecule has 1 N–H and O–H groups in total. The van der Waals surface area contributed by atoms with Crippen molar-refractivity contribution in [2.24, 2.45) is 10.2 Å². The summed E-state index contributed by atoms with van der Waals surface area (Å²) in [6, 6.07) is 3.36. The van der Waals surface area contributed by atoms with Crippen LogP contribution in [0, 0.1) is 24.0 Å². The SMILES string of the molecule is C#CCCC1(CCC(=O)NC(c2ccc(F)c(F)c2)C(C)(C)N2CCCC2)N=N1. The van der Waals surface area contributed by atoms with Gasteiger partial charge in [0.2, 0.25) is 5.91 Å². The van der Waals surface area contributed by atoms with E-state index in [9.17, 15) is 13.6 Å². The standard InChI is InChI=1S/C22H28F2N4O/c1-4-5-11-22(26-27-22)12-10-19(29)25-20(16-8-9-17(23)18(24)15-16)21(2,3)28-13-6-7-14-28/h1,8-9,15,20H,5-7,10-14H2,2-3H3,(H,25,29). The van der Waals surface area contributed by atoms with Crippen LogP contribution in [0.4, 0.5) is 8.78 Å². The fourth-order valence-corrected chi connectivity index (χ4v) is 4.05. The minimum atomic E-state index is -0.914. The van der Waals surface area contributed by atoms with Crippen molar-refractivity contribution < 1.29 is 13.6 Å². The number of halogens is 2. The number of hydrogen-bond donors (Lipinski definition) is 1. The average molecular weight is 402 g/mol. The monoisotopic (exact) mass is 402 g/mol. The maximum absolute atomic E-state index is 13.9. The van der Waals surface area contributed by atoms with Gasteiger partial charge in [0.1, 0.15) is 0 Å². The van der Waals surface area contributed by atoms with Crippen LogP contribution in [0.25, 0.3) is 0 Å². The van der Waals surface area contributed by atoms with Crippen molar-refractivity contribution in [1.29, 1.82) is 0 Å². The second-order valence-electron chi connectivity index (χ2n) is 8.41. The van der Waals surface area contributed by atoms with E-state index in [1.807, 2.05) is 13.8 Å². The Hall–Kier alpha value is -2.33. The lowest BCUT2D eigenvalue weighted by Gasteiger charge is -2.42. The van der Waals surface area contributed by atoms with Crippen molar-refractivity contribution >= 4 is 5.91 Å². The lowest BCUT2D eigenvalue weighted by Crippen LogP contribution is -2.52. The summed E-state index contributed by atoms with van der Waals surface area (Å²) in [5.74, 6) is 0.599. The molecule has 156 valence electrons. The van der Waals surface area contributed by atoms with Crippen molar-refractivity contribution in [2.45, 2.75) is 69.6 Å². The summed E-state index contributed by atoms with van der Waals surface area (Å²) in [6.45, 7) is 5.89.